The fraction of sp³-hybridized carbons (Fsp3) is 0.143. The van der Waals surface area contributed by atoms with Crippen molar-refractivity contribution in [2.24, 2.45) is 0 Å². The summed E-state index contributed by atoms with van der Waals surface area (Å²) in [5, 5.41) is 12.1. The predicted molar refractivity (Wildman–Crippen MR) is 111 cm³/mol. The van der Waals surface area contributed by atoms with Gasteiger partial charge in [0.25, 0.3) is 5.56 Å². The molecule has 0 saturated carbocycles. The summed E-state index contributed by atoms with van der Waals surface area (Å²) in [6.45, 7) is 2.09. The Morgan fingerprint density at radius 1 is 1.06 bits per heavy atom. The third-order valence-electron chi connectivity index (χ3n) is 4.83. The second-order valence-corrected chi connectivity index (χ2v) is 6.93. The second kappa shape index (κ2) is 7.48. The van der Waals surface area contributed by atoms with Crippen molar-refractivity contribution in [2.45, 2.75) is 13.5 Å². The molecule has 0 atom stereocenters. The van der Waals surface area contributed by atoms with Crippen LogP contribution in [0.25, 0.3) is 28.2 Å². The summed E-state index contributed by atoms with van der Waals surface area (Å²) < 4.78 is 13.3. The minimum atomic E-state index is -0.347. The lowest BCUT2D eigenvalue weighted by molar-refractivity contribution is 0.369. The maximum Gasteiger partial charge on any atom is 0.284 e. The normalized spacial score (nSPS) is 11.2. The van der Waals surface area contributed by atoms with E-state index in [1.165, 1.54) is 15.6 Å². The van der Waals surface area contributed by atoms with E-state index in [2.05, 4.69) is 25.4 Å². The summed E-state index contributed by atoms with van der Waals surface area (Å²) in [5.41, 5.74) is 2.85. The lowest BCUT2D eigenvalue weighted by Crippen LogP contribution is -2.21. The van der Waals surface area contributed by atoms with Crippen LogP contribution >= 0.6 is 0 Å². The maximum absolute atomic E-state index is 12.9. The number of methoxy groups -OCH3 is 1. The van der Waals surface area contributed by atoms with E-state index in [0.717, 1.165) is 11.1 Å². The van der Waals surface area contributed by atoms with Gasteiger partial charge in [-0.25, -0.2) is 4.98 Å². The monoisotopic (exact) mass is 415 g/mol. The summed E-state index contributed by atoms with van der Waals surface area (Å²) >= 11 is 0. The van der Waals surface area contributed by atoms with Gasteiger partial charge in [0, 0.05) is 5.56 Å². The van der Waals surface area contributed by atoms with Crippen molar-refractivity contribution in [2.75, 3.05) is 7.11 Å². The van der Waals surface area contributed by atoms with Crippen molar-refractivity contribution >= 4 is 11.2 Å². The molecule has 10 heteroatoms. The zero-order valence-electron chi connectivity index (χ0n) is 16.8. The number of fused-ring (bicyclic) bond motifs is 1. The van der Waals surface area contributed by atoms with Crippen LogP contribution in [0.1, 0.15) is 11.5 Å². The molecule has 0 unspecified atom stereocenters. The van der Waals surface area contributed by atoms with E-state index >= 15 is 0 Å². The minimum Gasteiger partial charge on any atom is -0.497 e. The Morgan fingerprint density at radius 3 is 2.58 bits per heavy atom. The van der Waals surface area contributed by atoms with Gasteiger partial charge in [-0.2, -0.15) is 9.67 Å². The molecule has 0 aliphatic heterocycles. The van der Waals surface area contributed by atoms with E-state index in [4.69, 9.17) is 9.26 Å². The molecule has 0 fully saturated rings. The van der Waals surface area contributed by atoms with Gasteiger partial charge in [0.15, 0.2) is 11.2 Å². The molecule has 31 heavy (non-hydrogen) atoms. The van der Waals surface area contributed by atoms with Crippen LogP contribution in [0.15, 0.2) is 64.2 Å². The number of hydrogen-bond donors (Lipinski definition) is 0. The van der Waals surface area contributed by atoms with Gasteiger partial charge < -0.3 is 9.26 Å². The van der Waals surface area contributed by atoms with Crippen molar-refractivity contribution in [3.63, 3.8) is 0 Å². The molecule has 0 aliphatic carbocycles. The molecule has 154 valence electrons. The molecule has 0 N–H and O–H groups in total. The molecular formula is C21H17N7O3. The zero-order chi connectivity index (χ0) is 21.4. The van der Waals surface area contributed by atoms with E-state index in [9.17, 15) is 4.79 Å². The van der Waals surface area contributed by atoms with Gasteiger partial charge in [0.05, 0.1) is 12.8 Å². The first kappa shape index (κ1) is 18.7. The van der Waals surface area contributed by atoms with Crippen LogP contribution in [-0.2, 0) is 6.54 Å². The molecule has 5 aromatic rings. The molecule has 0 radical (unpaired) electrons. The van der Waals surface area contributed by atoms with Crippen molar-refractivity contribution in [3.05, 3.63) is 76.7 Å². The van der Waals surface area contributed by atoms with Crippen LogP contribution < -0.4 is 10.3 Å². The highest BCUT2D eigenvalue weighted by Gasteiger charge is 2.16. The van der Waals surface area contributed by atoms with Crippen LogP contribution in [-0.4, -0.2) is 41.8 Å². The summed E-state index contributed by atoms with van der Waals surface area (Å²) in [6.07, 6.45) is 1.42. The fourth-order valence-electron chi connectivity index (χ4n) is 3.14. The Kier molecular flexibility index (Phi) is 4.51. The SMILES string of the molecule is COc1ccc(-n2nnc3c(=O)n(Cc4nc(-c5ccc(C)cc5)no4)cnc32)cc1. The summed E-state index contributed by atoms with van der Waals surface area (Å²) in [7, 11) is 1.59. The van der Waals surface area contributed by atoms with E-state index in [-0.39, 0.29) is 17.6 Å². The van der Waals surface area contributed by atoms with Crippen LogP contribution in [0.5, 0.6) is 5.75 Å². The first-order chi connectivity index (χ1) is 15.1. The lowest BCUT2D eigenvalue weighted by atomic mass is 10.1. The quantitative estimate of drug-likeness (QED) is 0.430. The lowest BCUT2D eigenvalue weighted by Gasteiger charge is -2.04. The molecular weight excluding hydrogens is 398 g/mol. The Balaban J connectivity index is 1.44. The first-order valence-electron chi connectivity index (χ1n) is 9.47. The molecule has 0 bridgehead atoms. The fourth-order valence-corrected chi connectivity index (χ4v) is 3.14. The van der Waals surface area contributed by atoms with E-state index in [0.29, 0.717) is 28.8 Å². The zero-order valence-corrected chi connectivity index (χ0v) is 16.8. The standard InChI is InChI=1S/C21H17N7O3/c1-13-3-5-14(6-4-13)19-23-17(31-25-19)11-27-12-22-20-18(21(27)29)24-26-28(20)15-7-9-16(30-2)10-8-15/h3-10,12H,11H2,1-2H3. The molecule has 0 saturated heterocycles. The van der Waals surface area contributed by atoms with Crippen LogP contribution in [0.2, 0.25) is 0 Å². The molecule has 2 aromatic carbocycles. The van der Waals surface area contributed by atoms with Gasteiger partial charge in [-0.15, -0.1) is 5.10 Å². The van der Waals surface area contributed by atoms with E-state index < -0.39 is 0 Å². The Bertz CT molecular complexity index is 1420. The summed E-state index contributed by atoms with van der Waals surface area (Å²) in [5.74, 6) is 1.47. The van der Waals surface area contributed by atoms with Crippen LogP contribution in [0.4, 0.5) is 0 Å². The van der Waals surface area contributed by atoms with E-state index in [1.807, 2.05) is 43.3 Å². The van der Waals surface area contributed by atoms with Crippen molar-refractivity contribution < 1.29 is 9.26 Å². The molecule has 3 aromatic heterocycles. The molecule has 10 nitrogen and oxygen atoms in total. The topological polar surface area (TPSA) is 114 Å². The number of benzene rings is 2. The highest BCUT2D eigenvalue weighted by atomic mass is 16.5. The number of rotatable bonds is 5. The van der Waals surface area contributed by atoms with Gasteiger partial charge in [-0.05, 0) is 31.2 Å². The third kappa shape index (κ3) is 3.44. The van der Waals surface area contributed by atoms with Gasteiger partial charge in [-0.1, -0.05) is 40.2 Å². The second-order valence-electron chi connectivity index (χ2n) is 6.93. The number of ether oxygens (including phenoxy) is 1. The number of hydrogen-bond acceptors (Lipinski definition) is 8. The average Bonchev–Trinajstić information content (AvgIpc) is 3.44. The predicted octanol–water partition coefficient (Wildman–Crippen LogP) is 2.39. The van der Waals surface area contributed by atoms with Crippen molar-refractivity contribution in [1.82, 2.24) is 34.7 Å². The Hall–Kier alpha value is -4.34. The largest absolute Gasteiger partial charge is 0.497 e. The van der Waals surface area contributed by atoms with Gasteiger partial charge >= 0.3 is 0 Å². The number of aryl methyl sites for hydroxylation is 1. The minimum absolute atomic E-state index is 0.0794. The Morgan fingerprint density at radius 2 is 1.84 bits per heavy atom. The van der Waals surface area contributed by atoms with Crippen LogP contribution in [0, 0.1) is 6.92 Å². The molecule has 5 rings (SSSR count). The molecule has 0 amide bonds. The van der Waals surface area contributed by atoms with Crippen molar-refractivity contribution in [1.29, 1.82) is 0 Å². The summed E-state index contributed by atoms with van der Waals surface area (Å²) in [4.78, 5) is 21.6. The highest BCUT2D eigenvalue weighted by molar-refractivity contribution is 5.70. The summed E-state index contributed by atoms with van der Waals surface area (Å²) in [6, 6.07) is 15.0. The third-order valence-corrected chi connectivity index (χ3v) is 4.83. The highest BCUT2D eigenvalue weighted by Crippen LogP contribution is 2.18. The molecule has 0 spiro atoms. The van der Waals surface area contributed by atoms with Gasteiger partial charge in [0.2, 0.25) is 11.7 Å². The van der Waals surface area contributed by atoms with E-state index in [1.54, 1.807) is 19.2 Å². The van der Waals surface area contributed by atoms with Gasteiger partial charge in [0.1, 0.15) is 18.6 Å². The van der Waals surface area contributed by atoms with Gasteiger partial charge in [-0.3, -0.25) is 9.36 Å². The first-order valence-corrected chi connectivity index (χ1v) is 9.47. The molecule has 0 aliphatic rings. The van der Waals surface area contributed by atoms with Crippen molar-refractivity contribution in [3.8, 4) is 22.8 Å². The average molecular weight is 415 g/mol. The number of nitrogens with zero attached hydrogens (tertiary/aromatic N) is 7. The number of aromatic nitrogens is 7. The van der Waals surface area contributed by atoms with Crippen LogP contribution in [0.3, 0.4) is 0 Å². The Labute approximate surface area is 175 Å². The smallest absolute Gasteiger partial charge is 0.284 e. The molecule has 3 heterocycles. The maximum atomic E-state index is 12.9.